The molecule has 1 N–H and O–H groups in total. The van der Waals surface area contributed by atoms with Crippen LogP contribution in [-0.2, 0) is 6.42 Å². The Labute approximate surface area is 121 Å². The first kappa shape index (κ1) is 15.2. The quantitative estimate of drug-likeness (QED) is 0.858. The summed E-state index contributed by atoms with van der Waals surface area (Å²) in [4.78, 5) is 14.6. The van der Waals surface area contributed by atoms with E-state index in [1.54, 1.807) is 0 Å². The number of rotatable bonds is 4. The number of hydrogen-bond acceptors (Lipinski definition) is 3. The summed E-state index contributed by atoms with van der Waals surface area (Å²) in [6, 6.07) is 7.71. The Kier molecular flexibility index (Phi) is 4.95. The van der Waals surface area contributed by atoms with Crippen LogP contribution in [0.2, 0.25) is 0 Å². The van der Waals surface area contributed by atoms with Gasteiger partial charge in [0.15, 0.2) is 5.78 Å². The van der Waals surface area contributed by atoms with Crippen molar-refractivity contribution in [2.45, 2.75) is 45.8 Å². The molecule has 1 aliphatic rings. The van der Waals surface area contributed by atoms with Crippen molar-refractivity contribution in [1.29, 1.82) is 0 Å². The van der Waals surface area contributed by atoms with Gasteiger partial charge in [0.1, 0.15) is 0 Å². The van der Waals surface area contributed by atoms with Crippen LogP contribution in [-0.4, -0.2) is 41.0 Å². The van der Waals surface area contributed by atoms with E-state index in [1.165, 1.54) is 5.56 Å². The molecule has 20 heavy (non-hydrogen) atoms. The zero-order valence-electron chi connectivity index (χ0n) is 12.7. The van der Waals surface area contributed by atoms with Gasteiger partial charge in [-0.25, -0.2) is 0 Å². The van der Waals surface area contributed by atoms with E-state index in [4.69, 9.17) is 0 Å². The number of aryl methyl sites for hydroxylation is 1. The summed E-state index contributed by atoms with van der Waals surface area (Å²) in [5.41, 5.74) is 2.01. The fourth-order valence-corrected chi connectivity index (χ4v) is 2.74. The van der Waals surface area contributed by atoms with Crippen LogP contribution < -0.4 is 0 Å². The highest BCUT2D eigenvalue weighted by molar-refractivity contribution is 5.99. The summed E-state index contributed by atoms with van der Waals surface area (Å²) in [6.45, 7) is 7.60. The van der Waals surface area contributed by atoms with Gasteiger partial charge in [-0.1, -0.05) is 38.1 Å². The van der Waals surface area contributed by atoms with Crippen LogP contribution in [0.3, 0.4) is 0 Å². The number of carbonyl (C=O) groups excluding carboxylic acids is 1. The highest BCUT2D eigenvalue weighted by Crippen LogP contribution is 2.20. The number of hydrogen-bond donors (Lipinski definition) is 1. The molecule has 2 rings (SSSR count). The number of aliphatic hydroxyl groups is 1. The van der Waals surface area contributed by atoms with Crippen LogP contribution >= 0.6 is 0 Å². The number of piperidine rings is 1. The van der Waals surface area contributed by atoms with Crippen LogP contribution in [0.15, 0.2) is 24.3 Å². The van der Waals surface area contributed by atoms with E-state index >= 15 is 0 Å². The van der Waals surface area contributed by atoms with E-state index in [9.17, 15) is 9.90 Å². The van der Waals surface area contributed by atoms with E-state index in [0.717, 1.165) is 24.9 Å². The second kappa shape index (κ2) is 6.51. The largest absolute Gasteiger partial charge is 0.392 e. The molecule has 1 aromatic rings. The normalized spacial score (nSPS) is 25.4. The van der Waals surface area contributed by atoms with Crippen LogP contribution in [0.4, 0.5) is 0 Å². The molecule has 0 radical (unpaired) electrons. The van der Waals surface area contributed by atoms with Crippen LogP contribution in [0.5, 0.6) is 0 Å². The van der Waals surface area contributed by atoms with Crippen molar-refractivity contribution in [2.75, 3.05) is 13.1 Å². The van der Waals surface area contributed by atoms with Gasteiger partial charge in [-0.05, 0) is 37.8 Å². The maximum absolute atomic E-state index is 12.5. The van der Waals surface area contributed by atoms with Gasteiger partial charge in [-0.15, -0.1) is 0 Å². The molecule has 3 nitrogen and oxygen atoms in total. The number of carbonyl (C=O) groups is 1. The van der Waals surface area contributed by atoms with Crippen molar-refractivity contribution in [2.24, 2.45) is 5.92 Å². The van der Waals surface area contributed by atoms with Gasteiger partial charge in [0.25, 0.3) is 0 Å². The van der Waals surface area contributed by atoms with Crippen molar-refractivity contribution < 1.29 is 9.90 Å². The van der Waals surface area contributed by atoms with Gasteiger partial charge >= 0.3 is 0 Å². The molecule has 0 saturated carbocycles. The summed E-state index contributed by atoms with van der Waals surface area (Å²) in [6.07, 6.45) is 1.62. The molecule has 0 spiro atoms. The molecule has 110 valence electrons. The third-order valence-corrected chi connectivity index (χ3v) is 4.52. The van der Waals surface area contributed by atoms with Crippen LogP contribution in [0.1, 0.15) is 43.1 Å². The molecule has 0 aliphatic carbocycles. The van der Waals surface area contributed by atoms with E-state index in [2.05, 4.69) is 18.7 Å². The second-order valence-electron chi connectivity index (χ2n) is 5.92. The SMILES string of the molecule is CCc1ccc(C(=O)C(C)N2CCC(C)C(O)C2)cc1. The molecular weight excluding hydrogens is 250 g/mol. The minimum atomic E-state index is -0.318. The van der Waals surface area contributed by atoms with Gasteiger partial charge in [-0.3, -0.25) is 9.69 Å². The molecule has 1 heterocycles. The summed E-state index contributed by atoms with van der Waals surface area (Å²) in [5, 5.41) is 9.96. The summed E-state index contributed by atoms with van der Waals surface area (Å²) in [7, 11) is 0. The fraction of sp³-hybridized carbons (Fsp3) is 0.588. The number of nitrogens with zero attached hydrogens (tertiary/aromatic N) is 1. The average molecular weight is 275 g/mol. The summed E-state index contributed by atoms with van der Waals surface area (Å²) >= 11 is 0. The Morgan fingerprint density at radius 2 is 2.05 bits per heavy atom. The van der Waals surface area contributed by atoms with E-state index in [1.807, 2.05) is 31.2 Å². The first-order valence-corrected chi connectivity index (χ1v) is 7.58. The van der Waals surface area contributed by atoms with Crippen molar-refractivity contribution >= 4 is 5.78 Å². The molecule has 1 saturated heterocycles. The zero-order chi connectivity index (χ0) is 14.7. The Bertz CT molecular complexity index is 455. The minimum Gasteiger partial charge on any atom is -0.392 e. The predicted octanol–water partition coefficient (Wildman–Crippen LogP) is 2.52. The maximum Gasteiger partial charge on any atom is 0.179 e. The number of benzene rings is 1. The van der Waals surface area contributed by atoms with Gasteiger partial charge in [0.05, 0.1) is 12.1 Å². The molecule has 3 heteroatoms. The first-order chi connectivity index (χ1) is 9.52. The minimum absolute atomic E-state index is 0.148. The fourth-order valence-electron chi connectivity index (χ4n) is 2.74. The molecule has 3 atom stereocenters. The molecule has 1 aromatic carbocycles. The zero-order valence-corrected chi connectivity index (χ0v) is 12.7. The van der Waals surface area contributed by atoms with Gasteiger partial charge < -0.3 is 5.11 Å². The highest BCUT2D eigenvalue weighted by Gasteiger charge is 2.30. The Balaban J connectivity index is 2.04. The highest BCUT2D eigenvalue weighted by atomic mass is 16.3. The molecule has 3 unspecified atom stereocenters. The van der Waals surface area contributed by atoms with Gasteiger partial charge in [0.2, 0.25) is 0 Å². The molecule has 0 bridgehead atoms. The molecular formula is C17H25NO2. The topological polar surface area (TPSA) is 40.5 Å². The number of Topliss-reactive ketones (excluding diaryl/α,β-unsaturated/α-hetero) is 1. The molecule has 0 aromatic heterocycles. The Hall–Kier alpha value is -1.19. The van der Waals surface area contributed by atoms with Gasteiger partial charge in [0, 0.05) is 12.1 Å². The summed E-state index contributed by atoms with van der Waals surface area (Å²) in [5.74, 6) is 0.479. The lowest BCUT2D eigenvalue weighted by molar-refractivity contribution is 0.0146. The first-order valence-electron chi connectivity index (χ1n) is 7.58. The summed E-state index contributed by atoms with van der Waals surface area (Å²) < 4.78 is 0. The molecule has 1 aliphatic heterocycles. The smallest absolute Gasteiger partial charge is 0.179 e. The second-order valence-corrected chi connectivity index (χ2v) is 5.92. The number of aliphatic hydroxyl groups excluding tert-OH is 1. The van der Waals surface area contributed by atoms with Gasteiger partial charge in [-0.2, -0.15) is 0 Å². The lowest BCUT2D eigenvalue weighted by Gasteiger charge is -2.37. The van der Waals surface area contributed by atoms with Crippen molar-refractivity contribution in [3.63, 3.8) is 0 Å². The predicted molar refractivity (Wildman–Crippen MR) is 81.0 cm³/mol. The Morgan fingerprint density at radius 3 is 2.60 bits per heavy atom. The Morgan fingerprint density at radius 1 is 1.40 bits per heavy atom. The van der Waals surface area contributed by atoms with Crippen LogP contribution in [0.25, 0.3) is 0 Å². The number of β-amino-alcohol motifs (C(OH)–C–C–N with tert-alkyl or cyclic N) is 1. The lowest BCUT2D eigenvalue weighted by Crippen LogP contribution is -2.49. The molecule has 0 amide bonds. The lowest BCUT2D eigenvalue weighted by atomic mass is 9.93. The third-order valence-electron chi connectivity index (χ3n) is 4.52. The van der Waals surface area contributed by atoms with E-state index in [0.29, 0.717) is 12.5 Å². The third kappa shape index (κ3) is 3.28. The van der Waals surface area contributed by atoms with E-state index in [-0.39, 0.29) is 17.9 Å². The number of likely N-dealkylation sites (tertiary alicyclic amines) is 1. The maximum atomic E-state index is 12.5. The number of ketones is 1. The standard InChI is InChI=1S/C17H25NO2/c1-4-14-5-7-15(8-6-14)17(20)13(3)18-10-9-12(2)16(19)11-18/h5-8,12-13,16,19H,4,9-11H2,1-3H3. The van der Waals surface area contributed by atoms with Crippen molar-refractivity contribution in [1.82, 2.24) is 4.90 Å². The van der Waals surface area contributed by atoms with Crippen molar-refractivity contribution in [3.8, 4) is 0 Å². The van der Waals surface area contributed by atoms with E-state index < -0.39 is 0 Å². The monoisotopic (exact) mass is 275 g/mol. The van der Waals surface area contributed by atoms with Crippen LogP contribution in [0, 0.1) is 5.92 Å². The van der Waals surface area contributed by atoms with Crippen molar-refractivity contribution in [3.05, 3.63) is 35.4 Å². The average Bonchev–Trinajstić information content (AvgIpc) is 2.48. The molecule has 1 fully saturated rings.